The summed E-state index contributed by atoms with van der Waals surface area (Å²) < 4.78 is 0. The molecular formula is C19H24N3O2+. The molecule has 2 rings (SSSR count). The number of hydrogen-bond acceptors (Lipinski definition) is 2. The van der Waals surface area contributed by atoms with Gasteiger partial charge in [0.1, 0.15) is 6.04 Å². The molecule has 0 heterocycles. The molecule has 0 aliphatic rings. The summed E-state index contributed by atoms with van der Waals surface area (Å²) in [6.45, 7) is 4.23. The molecule has 5 heteroatoms. The Kier molecular flexibility index (Phi) is 6.09. The Balaban J connectivity index is 2.32. The number of amides is 3. The maximum atomic E-state index is 12.5. The third kappa shape index (κ3) is 4.67. The van der Waals surface area contributed by atoms with E-state index in [1.165, 1.54) is 0 Å². The zero-order valence-electron chi connectivity index (χ0n) is 14.0. The first-order valence-corrected chi connectivity index (χ1v) is 8.04. The largest absolute Gasteiger partial charge is 0.351 e. The van der Waals surface area contributed by atoms with E-state index >= 15 is 0 Å². The van der Waals surface area contributed by atoms with Gasteiger partial charge in [-0.05, 0) is 0 Å². The van der Waals surface area contributed by atoms with E-state index < -0.39 is 18.0 Å². The van der Waals surface area contributed by atoms with Crippen molar-refractivity contribution in [2.24, 2.45) is 11.7 Å². The Morgan fingerprint density at radius 3 is 1.88 bits per heavy atom. The highest BCUT2D eigenvalue weighted by Gasteiger charge is 2.31. The number of benzene rings is 2. The van der Waals surface area contributed by atoms with Gasteiger partial charge in [0.25, 0.3) is 5.91 Å². The standard InChI is InChI=1S/C19H23N3O2/c1-13(2)16(14-9-5-3-6-10-14)21-17(18(23)22-19(20)24)15-11-7-4-8-12-15/h3-13,16-17,21H,1-2H3,(H3,20,22,23,24)/p+1/t16-,17+/m1/s1. The van der Waals surface area contributed by atoms with Gasteiger partial charge >= 0.3 is 6.03 Å². The van der Waals surface area contributed by atoms with Gasteiger partial charge in [-0.3, -0.25) is 10.1 Å². The van der Waals surface area contributed by atoms with Crippen LogP contribution in [0.25, 0.3) is 0 Å². The van der Waals surface area contributed by atoms with Gasteiger partial charge in [0.2, 0.25) is 0 Å². The molecule has 5 N–H and O–H groups in total. The second-order valence-corrected chi connectivity index (χ2v) is 6.11. The maximum absolute atomic E-state index is 12.5. The molecule has 0 bridgehead atoms. The number of imide groups is 1. The smallest absolute Gasteiger partial charge is 0.319 e. The lowest BCUT2D eigenvalue weighted by molar-refractivity contribution is -0.728. The summed E-state index contributed by atoms with van der Waals surface area (Å²) in [5.74, 6) is -0.102. The molecule has 5 nitrogen and oxygen atoms in total. The SMILES string of the molecule is CC(C)[C@@H]([NH2+][C@H](C(=O)NC(N)=O)c1ccccc1)c1ccccc1. The molecule has 126 valence electrons. The molecule has 0 aromatic heterocycles. The zero-order valence-corrected chi connectivity index (χ0v) is 14.0. The van der Waals surface area contributed by atoms with Crippen LogP contribution in [0.2, 0.25) is 0 Å². The Labute approximate surface area is 142 Å². The number of primary amides is 1. The lowest BCUT2D eigenvalue weighted by Gasteiger charge is -2.25. The Morgan fingerprint density at radius 2 is 1.42 bits per heavy atom. The van der Waals surface area contributed by atoms with Gasteiger partial charge in [0.05, 0.1) is 0 Å². The summed E-state index contributed by atoms with van der Waals surface area (Å²) in [6, 6.07) is 18.1. The topological polar surface area (TPSA) is 88.8 Å². The summed E-state index contributed by atoms with van der Waals surface area (Å²) in [5.41, 5.74) is 7.10. The van der Waals surface area contributed by atoms with Crippen molar-refractivity contribution in [2.75, 3.05) is 0 Å². The van der Waals surface area contributed by atoms with E-state index in [0.717, 1.165) is 11.1 Å². The summed E-state index contributed by atoms with van der Waals surface area (Å²) in [4.78, 5) is 23.6. The molecular weight excluding hydrogens is 302 g/mol. The molecule has 3 amide bonds. The van der Waals surface area contributed by atoms with E-state index in [9.17, 15) is 9.59 Å². The van der Waals surface area contributed by atoms with Gasteiger partial charge in [0.15, 0.2) is 6.04 Å². The van der Waals surface area contributed by atoms with Crippen LogP contribution in [0.3, 0.4) is 0 Å². The molecule has 0 radical (unpaired) electrons. The molecule has 2 aromatic rings. The van der Waals surface area contributed by atoms with Crippen LogP contribution in [0.1, 0.15) is 37.1 Å². The van der Waals surface area contributed by atoms with Crippen LogP contribution in [0.4, 0.5) is 4.79 Å². The molecule has 0 saturated carbocycles. The number of carbonyl (C=O) groups excluding carboxylic acids is 2. The number of rotatable bonds is 6. The summed E-state index contributed by atoms with van der Waals surface area (Å²) in [5, 5.41) is 4.20. The first-order chi connectivity index (χ1) is 11.5. The predicted molar refractivity (Wildman–Crippen MR) is 92.9 cm³/mol. The molecule has 0 fully saturated rings. The van der Waals surface area contributed by atoms with E-state index in [-0.39, 0.29) is 6.04 Å². The van der Waals surface area contributed by atoms with E-state index in [1.54, 1.807) is 0 Å². The van der Waals surface area contributed by atoms with Crippen LogP contribution in [0.5, 0.6) is 0 Å². The minimum Gasteiger partial charge on any atom is -0.351 e. The van der Waals surface area contributed by atoms with E-state index in [1.807, 2.05) is 53.8 Å². The third-order valence-electron chi connectivity index (χ3n) is 3.99. The van der Waals surface area contributed by atoms with Crippen LogP contribution in [-0.4, -0.2) is 11.9 Å². The predicted octanol–water partition coefficient (Wildman–Crippen LogP) is 1.88. The third-order valence-corrected chi connectivity index (χ3v) is 3.99. The zero-order chi connectivity index (χ0) is 17.5. The average Bonchev–Trinajstić information content (AvgIpc) is 2.56. The van der Waals surface area contributed by atoms with E-state index in [0.29, 0.717) is 5.92 Å². The maximum Gasteiger partial charge on any atom is 0.319 e. The van der Waals surface area contributed by atoms with Crippen molar-refractivity contribution in [3.8, 4) is 0 Å². The Hall–Kier alpha value is -2.66. The quantitative estimate of drug-likeness (QED) is 0.757. The highest BCUT2D eigenvalue weighted by Crippen LogP contribution is 2.19. The minimum atomic E-state index is -0.838. The number of nitrogens with two attached hydrogens (primary N) is 2. The van der Waals surface area contributed by atoms with Gasteiger partial charge in [-0.2, -0.15) is 0 Å². The van der Waals surface area contributed by atoms with Crippen molar-refractivity contribution in [1.29, 1.82) is 0 Å². The van der Waals surface area contributed by atoms with Crippen LogP contribution < -0.4 is 16.4 Å². The fraction of sp³-hybridized carbons (Fsp3) is 0.263. The highest BCUT2D eigenvalue weighted by molar-refractivity contribution is 5.96. The number of carbonyl (C=O) groups is 2. The number of urea groups is 1. The normalized spacial score (nSPS) is 13.3. The fourth-order valence-electron chi connectivity index (χ4n) is 2.81. The fourth-order valence-corrected chi connectivity index (χ4v) is 2.81. The second kappa shape index (κ2) is 8.26. The van der Waals surface area contributed by atoms with Gasteiger partial charge in [-0.1, -0.05) is 74.5 Å². The number of nitrogens with one attached hydrogen (secondary N) is 1. The first-order valence-electron chi connectivity index (χ1n) is 8.04. The molecule has 2 aromatic carbocycles. The first kappa shape index (κ1) is 17.7. The van der Waals surface area contributed by atoms with Crippen molar-refractivity contribution in [3.63, 3.8) is 0 Å². The molecule has 0 aliphatic carbocycles. The van der Waals surface area contributed by atoms with Crippen LogP contribution >= 0.6 is 0 Å². The molecule has 24 heavy (non-hydrogen) atoms. The summed E-state index contributed by atoms with van der Waals surface area (Å²) in [7, 11) is 0. The van der Waals surface area contributed by atoms with Crippen molar-refractivity contribution in [1.82, 2.24) is 5.32 Å². The Morgan fingerprint density at radius 1 is 0.917 bits per heavy atom. The van der Waals surface area contributed by atoms with Crippen LogP contribution in [-0.2, 0) is 4.79 Å². The summed E-state index contributed by atoms with van der Waals surface area (Å²) >= 11 is 0. The lowest BCUT2D eigenvalue weighted by atomic mass is 9.94. The lowest BCUT2D eigenvalue weighted by Crippen LogP contribution is -2.89. The number of hydrogen-bond donors (Lipinski definition) is 3. The summed E-state index contributed by atoms with van der Waals surface area (Å²) in [6.07, 6.45) is 0. The Bertz CT molecular complexity index is 672. The van der Waals surface area contributed by atoms with Crippen molar-refractivity contribution < 1.29 is 14.9 Å². The minimum absolute atomic E-state index is 0.0787. The van der Waals surface area contributed by atoms with Crippen molar-refractivity contribution >= 4 is 11.9 Å². The van der Waals surface area contributed by atoms with Gasteiger partial charge in [-0.25, -0.2) is 4.79 Å². The molecule has 0 spiro atoms. The van der Waals surface area contributed by atoms with Crippen LogP contribution in [0, 0.1) is 5.92 Å². The number of quaternary nitrogens is 1. The molecule has 0 unspecified atom stereocenters. The average molecular weight is 326 g/mol. The van der Waals surface area contributed by atoms with Gasteiger partial charge < -0.3 is 11.1 Å². The van der Waals surface area contributed by atoms with E-state index in [2.05, 4.69) is 31.3 Å². The van der Waals surface area contributed by atoms with E-state index in [4.69, 9.17) is 5.73 Å². The monoisotopic (exact) mass is 326 g/mol. The molecule has 2 atom stereocenters. The molecule has 0 saturated heterocycles. The van der Waals surface area contributed by atoms with Gasteiger partial charge in [-0.15, -0.1) is 0 Å². The second-order valence-electron chi connectivity index (χ2n) is 6.11. The van der Waals surface area contributed by atoms with Crippen molar-refractivity contribution in [3.05, 3.63) is 71.8 Å². The molecule has 0 aliphatic heterocycles. The van der Waals surface area contributed by atoms with Gasteiger partial charge in [0, 0.05) is 17.0 Å². The highest BCUT2D eigenvalue weighted by atomic mass is 16.2. The van der Waals surface area contributed by atoms with Crippen LogP contribution in [0.15, 0.2) is 60.7 Å². The van der Waals surface area contributed by atoms with Crippen molar-refractivity contribution in [2.45, 2.75) is 25.9 Å².